The Morgan fingerprint density at radius 3 is 2.92 bits per heavy atom. The molecule has 1 heterocycles. The first-order valence-corrected chi connectivity index (χ1v) is 3.50. The van der Waals surface area contributed by atoms with Gasteiger partial charge in [-0.15, -0.1) is 0 Å². The van der Waals surface area contributed by atoms with E-state index in [0.29, 0.717) is 5.82 Å². The van der Waals surface area contributed by atoms with Crippen molar-refractivity contribution in [2.45, 2.75) is 6.92 Å². The van der Waals surface area contributed by atoms with Crippen molar-refractivity contribution in [1.29, 1.82) is 0 Å². The Morgan fingerprint density at radius 1 is 1.69 bits per heavy atom. The van der Waals surface area contributed by atoms with E-state index in [9.17, 15) is 9.18 Å². The van der Waals surface area contributed by atoms with Gasteiger partial charge in [-0.3, -0.25) is 0 Å². The van der Waals surface area contributed by atoms with Crippen LogP contribution in [0.1, 0.15) is 11.5 Å². The fourth-order valence-corrected chi connectivity index (χ4v) is 0.746. The van der Waals surface area contributed by atoms with Gasteiger partial charge in [0, 0.05) is 12.3 Å². The quantitative estimate of drug-likeness (QED) is 0.697. The molecule has 0 unspecified atom stereocenters. The van der Waals surface area contributed by atoms with E-state index in [1.807, 2.05) is 0 Å². The first-order chi connectivity index (χ1) is 6.09. The smallest absolute Gasteiger partial charge is 0.364 e. The third kappa shape index (κ3) is 2.62. The monoisotopic (exact) mass is 182 g/mol. The van der Waals surface area contributed by atoms with Crippen molar-refractivity contribution in [2.75, 3.05) is 0 Å². The molecule has 0 amide bonds. The van der Waals surface area contributed by atoms with Crippen LogP contribution in [0.3, 0.4) is 0 Å². The lowest BCUT2D eigenvalue weighted by Gasteiger charge is -1.93. The molecule has 68 valence electrons. The van der Waals surface area contributed by atoms with Crippen molar-refractivity contribution in [3.05, 3.63) is 29.6 Å². The first kappa shape index (κ1) is 9.31. The van der Waals surface area contributed by atoms with E-state index >= 15 is 0 Å². The van der Waals surface area contributed by atoms with Gasteiger partial charge < -0.3 is 5.11 Å². The summed E-state index contributed by atoms with van der Waals surface area (Å²) in [4.78, 5) is 17.7. The summed E-state index contributed by atoms with van der Waals surface area (Å²) in [5.74, 6) is -2.37. The molecule has 0 aliphatic heterocycles. The molecule has 0 spiro atoms. The average molecular weight is 182 g/mol. The van der Waals surface area contributed by atoms with Crippen LogP contribution in [0.15, 0.2) is 18.1 Å². The number of halogens is 1. The maximum Gasteiger partial charge on any atom is 0.364 e. The van der Waals surface area contributed by atoms with Crippen molar-refractivity contribution < 1.29 is 14.3 Å². The number of hydrogen-bond donors (Lipinski definition) is 1. The van der Waals surface area contributed by atoms with Gasteiger partial charge in [0.1, 0.15) is 5.82 Å². The van der Waals surface area contributed by atoms with Crippen LogP contribution in [-0.2, 0) is 4.79 Å². The lowest BCUT2D eigenvalue weighted by molar-refractivity contribution is -0.134. The van der Waals surface area contributed by atoms with Gasteiger partial charge in [-0.05, 0) is 13.0 Å². The van der Waals surface area contributed by atoms with Crippen molar-refractivity contribution in [3.8, 4) is 0 Å². The molecule has 0 radical (unpaired) electrons. The molecule has 5 heteroatoms. The number of carboxylic acid groups (broad SMARTS) is 1. The van der Waals surface area contributed by atoms with E-state index in [-0.39, 0.29) is 5.69 Å². The van der Waals surface area contributed by atoms with Crippen molar-refractivity contribution in [2.24, 2.45) is 0 Å². The summed E-state index contributed by atoms with van der Waals surface area (Å²) in [6.07, 6.45) is 2.28. The van der Waals surface area contributed by atoms with E-state index in [4.69, 9.17) is 5.11 Å². The van der Waals surface area contributed by atoms with Gasteiger partial charge in [-0.2, -0.15) is 4.39 Å². The van der Waals surface area contributed by atoms with Crippen LogP contribution in [0, 0.1) is 6.92 Å². The Kier molecular flexibility index (Phi) is 2.69. The van der Waals surface area contributed by atoms with Gasteiger partial charge in [0.25, 0.3) is 0 Å². The Labute approximate surface area is 73.8 Å². The molecular formula is C8H7FN2O2. The van der Waals surface area contributed by atoms with E-state index < -0.39 is 11.8 Å². The second kappa shape index (κ2) is 3.75. The van der Waals surface area contributed by atoms with Crippen LogP contribution in [0.5, 0.6) is 0 Å². The normalized spacial score (nSPS) is 11.4. The van der Waals surface area contributed by atoms with Gasteiger partial charge in [-0.25, -0.2) is 14.8 Å². The maximum absolute atomic E-state index is 12.5. The fourth-order valence-electron chi connectivity index (χ4n) is 0.746. The molecule has 0 aliphatic rings. The molecule has 0 saturated heterocycles. The lowest BCUT2D eigenvalue weighted by Crippen LogP contribution is -1.96. The van der Waals surface area contributed by atoms with Crippen molar-refractivity contribution in [3.63, 3.8) is 0 Å². The Morgan fingerprint density at radius 2 is 2.38 bits per heavy atom. The van der Waals surface area contributed by atoms with Crippen LogP contribution in [0.4, 0.5) is 4.39 Å². The predicted molar refractivity (Wildman–Crippen MR) is 43.5 cm³/mol. The molecule has 1 aromatic heterocycles. The van der Waals surface area contributed by atoms with E-state index in [2.05, 4.69) is 9.97 Å². The molecule has 0 atom stereocenters. The third-order valence-electron chi connectivity index (χ3n) is 1.28. The second-order valence-electron chi connectivity index (χ2n) is 2.33. The van der Waals surface area contributed by atoms with Gasteiger partial charge >= 0.3 is 5.97 Å². The number of nitrogens with zero attached hydrogens (tertiary/aromatic N) is 2. The molecule has 1 N–H and O–H groups in total. The minimum atomic E-state index is -1.60. The Bertz CT molecular complexity index is 363. The summed E-state index contributed by atoms with van der Waals surface area (Å²) in [5, 5.41) is 8.23. The van der Waals surface area contributed by atoms with E-state index in [0.717, 1.165) is 6.08 Å². The number of aryl methyl sites for hydroxylation is 1. The molecule has 0 fully saturated rings. The Balaban J connectivity index is 2.97. The molecule has 13 heavy (non-hydrogen) atoms. The SMILES string of the molecule is Cc1nccc(/C=C(/F)C(=O)O)n1. The third-order valence-corrected chi connectivity index (χ3v) is 1.28. The highest BCUT2D eigenvalue weighted by Crippen LogP contribution is 2.04. The maximum atomic E-state index is 12.5. The summed E-state index contributed by atoms with van der Waals surface area (Å²) in [6.45, 7) is 1.63. The van der Waals surface area contributed by atoms with Crippen LogP contribution in [0.2, 0.25) is 0 Å². The zero-order valence-corrected chi connectivity index (χ0v) is 6.86. The molecule has 0 saturated carbocycles. The summed E-state index contributed by atoms with van der Waals surface area (Å²) < 4.78 is 12.5. The van der Waals surface area contributed by atoms with Crippen molar-refractivity contribution >= 4 is 12.0 Å². The molecule has 0 aliphatic carbocycles. The first-order valence-electron chi connectivity index (χ1n) is 3.50. The molecule has 0 aromatic carbocycles. The van der Waals surface area contributed by atoms with Crippen LogP contribution < -0.4 is 0 Å². The standard InChI is InChI=1S/C8H7FN2O2/c1-5-10-3-2-6(11-5)4-7(9)8(12)13/h2-4H,1H3,(H,12,13)/b7-4+. The van der Waals surface area contributed by atoms with Crippen LogP contribution >= 0.6 is 0 Å². The summed E-state index contributed by atoms with van der Waals surface area (Å²) in [7, 11) is 0. The largest absolute Gasteiger partial charge is 0.476 e. The predicted octanol–water partition coefficient (Wildman–Crippen LogP) is 1.18. The molecular weight excluding hydrogens is 175 g/mol. The van der Waals surface area contributed by atoms with Gasteiger partial charge in [-0.1, -0.05) is 0 Å². The van der Waals surface area contributed by atoms with Gasteiger partial charge in [0.05, 0.1) is 5.69 Å². The lowest BCUT2D eigenvalue weighted by atomic mass is 10.3. The molecule has 4 nitrogen and oxygen atoms in total. The molecule has 1 aromatic rings. The zero-order chi connectivity index (χ0) is 9.84. The minimum absolute atomic E-state index is 0.243. The van der Waals surface area contributed by atoms with Crippen LogP contribution in [0.25, 0.3) is 6.08 Å². The highest BCUT2D eigenvalue weighted by atomic mass is 19.1. The fraction of sp³-hybridized carbons (Fsp3) is 0.125. The number of carboxylic acids is 1. The molecule has 1 rings (SSSR count). The number of carbonyl (C=O) groups is 1. The topological polar surface area (TPSA) is 63.1 Å². The second-order valence-corrected chi connectivity index (χ2v) is 2.33. The Hall–Kier alpha value is -1.78. The highest BCUT2D eigenvalue weighted by Gasteiger charge is 2.05. The summed E-state index contributed by atoms with van der Waals surface area (Å²) in [6, 6.07) is 1.43. The van der Waals surface area contributed by atoms with Gasteiger partial charge in [0.2, 0.25) is 5.83 Å². The average Bonchev–Trinajstić information content (AvgIpc) is 2.04. The zero-order valence-electron chi connectivity index (χ0n) is 6.86. The summed E-state index contributed by atoms with van der Waals surface area (Å²) >= 11 is 0. The number of rotatable bonds is 2. The number of aliphatic carboxylic acids is 1. The summed E-state index contributed by atoms with van der Waals surface area (Å²) in [5.41, 5.74) is 0.243. The van der Waals surface area contributed by atoms with Gasteiger partial charge in [0.15, 0.2) is 0 Å². The highest BCUT2D eigenvalue weighted by molar-refractivity contribution is 5.89. The van der Waals surface area contributed by atoms with E-state index in [1.165, 1.54) is 12.3 Å². The number of aromatic nitrogens is 2. The minimum Gasteiger partial charge on any atom is -0.476 e. The van der Waals surface area contributed by atoms with E-state index in [1.54, 1.807) is 6.92 Å². The molecule has 0 bridgehead atoms. The van der Waals surface area contributed by atoms with Crippen LogP contribution in [-0.4, -0.2) is 21.0 Å². The number of hydrogen-bond acceptors (Lipinski definition) is 3. The van der Waals surface area contributed by atoms with Crippen molar-refractivity contribution in [1.82, 2.24) is 9.97 Å².